The fourth-order valence-electron chi connectivity index (χ4n) is 0.550. The van der Waals surface area contributed by atoms with E-state index in [4.69, 9.17) is 0 Å². The van der Waals surface area contributed by atoms with Crippen LogP contribution in [0.15, 0.2) is 30.3 Å². The van der Waals surface area contributed by atoms with Crippen LogP contribution in [-0.4, -0.2) is 4.92 Å². The number of halogens is 3. The molecule has 6 heteroatoms. The van der Waals surface area contributed by atoms with Crippen molar-refractivity contribution in [3.05, 3.63) is 40.4 Å². The van der Waals surface area contributed by atoms with Crippen molar-refractivity contribution >= 4 is 56.6 Å². The summed E-state index contributed by atoms with van der Waals surface area (Å²) in [6.45, 7) is 0. The molecule has 1 rings (SSSR count). The van der Waals surface area contributed by atoms with Gasteiger partial charge in [0.2, 0.25) is 0 Å². The van der Waals surface area contributed by atoms with E-state index in [0.717, 1.165) is 0 Å². The highest BCUT2D eigenvalue weighted by Gasteiger charge is 1.98. The highest BCUT2D eigenvalue weighted by molar-refractivity contribution is 8.93. The van der Waals surface area contributed by atoms with Crippen LogP contribution in [0.3, 0.4) is 0 Å². The Morgan fingerprint density at radius 3 is 1.67 bits per heavy atom. The minimum Gasteiger partial charge on any atom is -0.258 e. The number of benzene rings is 1. The van der Waals surface area contributed by atoms with Gasteiger partial charge in [0.05, 0.1) is 4.92 Å². The molecule has 0 saturated heterocycles. The molecule has 0 heterocycles. The van der Waals surface area contributed by atoms with E-state index < -0.39 is 4.92 Å². The highest BCUT2D eigenvalue weighted by atomic mass is 79.9. The zero-order valence-corrected chi connectivity index (χ0v) is 11.0. The summed E-state index contributed by atoms with van der Waals surface area (Å²) in [5.74, 6) is 0. The number of nitrogens with zero attached hydrogens (tertiary/aromatic N) is 1. The quantitative estimate of drug-likeness (QED) is 0.566. The van der Waals surface area contributed by atoms with E-state index in [0.29, 0.717) is 0 Å². The largest absolute Gasteiger partial charge is 0.269 e. The topological polar surface area (TPSA) is 43.1 Å². The standard InChI is InChI=1S/C6H5NO2.3BrH/c8-7(9)6-4-2-1-3-5-6;;;/h1-5H;3*1H. The summed E-state index contributed by atoms with van der Waals surface area (Å²) in [5.41, 5.74) is 0.137. The molecule has 0 radical (unpaired) electrons. The molecule has 0 unspecified atom stereocenters. The number of hydrogen-bond acceptors (Lipinski definition) is 2. The molecule has 0 bridgehead atoms. The molecule has 0 aliphatic rings. The SMILES string of the molecule is Br.Br.Br.O=[N+]([O-])c1ccccc1. The van der Waals surface area contributed by atoms with E-state index >= 15 is 0 Å². The second-order valence-corrected chi connectivity index (χ2v) is 1.59. The van der Waals surface area contributed by atoms with Crippen molar-refractivity contribution in [2.75, 3.05) is 0 Å². The number of non-ortho nitro benzene ring substituents is 1. The van der Waals surface area contributed by atoms with E-state index in [9.17, 15) is 10.1 Å². The molecule has 0 N–H and O–H groups in total. The van der Waals surface area contributed by atoms with Crippen LogP contribution in [0.1, 0.15) is 0 Å². The molecule has 70 valence electrons. The third-order valence-corrected chi connectivity index (χ3v) is 0.967. The van der Waals surface area contributed by atoms with Crippen LogP contribution in [0, 0.1) is 10.1 Å². The Morgan fingerprint density at radius 1 is 1.00 bits per heavy atom. The first-order chi connectivity index (χ1) is 4.30. The van der Waals surface area contributed by atoms with Crippen molar-refractivity contribution in [1.82, 2.24) is 0 Å². The molecule has 1 aromatic carbocycles. The average molecular weight is 366 g/mol. The van der Waals surface area contributed by atoms with Gasteiger partial charge in [-0.3, -0.25) is 10.1 Å². The fourth-order valence-corrected chi connectivity index (χ4v) is 0.550. The summed E-state index contributed by atoms with van der Waals surface area (Å²) in [6, 6.07) is 7.93. The first-order valence-corrected chi connectivity index (χ1v) is 2.50. The maximum atomic E-state index is 10.0. The maximum absolute atomic E-state index is 10.0. The molecule has 0 aromatic heterocycles. The van der Waals surface area contributed by atoms with Gasteiger partial charge in [0.1, 0.15) is 0 Å². The van der Waals surface area contributed by atoms with E-state index in [2.05, 4.69) is 0 Å². The lowest BCUT2D eigenvalue weighted by Gasteiger charge is -1.85. The molecule has 0 saturated carbocycles. The Labute approximate surface area is 102 Å². The van der Waals surface area contributed by atoms with E-state index in [1.165, 1.54) is 12.1 Å². The number of rotatable bonds is 1. The molecule has 0 aliphatic heterocycles. The van der Waals surface area contributed by atoms with Gasteiger partial charge in [-0.1, -0.05) is 18.2 Å². The zero-order valence-electron chi connectivity index (χ0n) is 5.88. The predicted octanol–water partition coefficient (Wildman–Crippen LogP) is 3.33. The van der Waals surface area contributed by atoms with Gasteiger partial charge in [0.25, 0.3) is 5.69 Å². The van der Waals surface area contributed by atoms with Crippen LogP contribution in [0.2, 0.25) is 0 Å². The van der Waals surface area contributed by atoms with E-state index in [-0.39, 0.29) is 56.6 Å². The Balaban J connectivity index is -0.000000270. The predicted molar refractivity (Wildman–Crippen MR) is 64.1 cm³/mol. The number of nitro benzene ring substituents is 1. The van der Waals surface area contributed by atoms with Crippen LogP contribution in [0.5, 0.6) is 0 Å². The van der Waals surface area contributed by atoms with Crippen LogP contribution in [0.4, 0.5) is 5.69 Å². The first kappa shape index (κ1) is 18.0. The van der Waals surface area contributed by atoms with Crippen LogP contribution >= 0.6 is 50.9 Å². The van der Waals surface area contributed by atoms with Crippen LogP contribution < -0.4 is 0 Å². The van der Waals surface area contributed by atoms with Crippen LogP contribution in [0.25, 0.3) is 0 Å². The second kappa shape index (κ2) is 9.15. The third kappa shape index (κ3) is 5.68. The third-order valence-electron chi connectivity index (χ3n) is 0.967. The number of nitro groups is 1. The van der Waals surface area contributed by atoms with Crippen molar-refractivity contribution < 1.29 is 4.92 Å². The van der Waals surface area contributed by atoms with Gasteiger partial charge in [0, 0.05) is 12.1 Å². The highest BCUT2D eigenvalue weighted by Crippen LogP contribution is 2.06. The molecule has 0 spiro atoms. The van der Waals surface area contributed by atoms with Crippen molar-refractivity contribution in [3.8, 4) is 0 Å². The second-order valence-electron chi connectivity index (χ2n) is 1.59. The molecular weight excluding hydrogens is 358 g/mol. The average Bonchev–Trinajstić information content (AvgIpc) is 1.90. The molecule has 0 fully saturated rings. The normalized spacial score (nSPS) is 6.67. The van der Waals surface area contributed by atoms with Crippen molar-refractivity contribution in [2.45, 2.75) is 0 Å². The molecule has 12 heavy (non-hydrogen) atoms. The maximum Gasteiger partial charge on any atom is 0.269 e. The van der Waals surface area contributed by atoms with Gasteiger partial charge in [-0.2, -0.15) is 0 Å². The monoisotopic (exact) mass is 363 g/mol. The summed E-state index contributed by atoms with van der Waals surface area (Å²) in [4.78, 5) is 9.59. The number of hydrogen-bond donors (Lipinski definition) is 0. The fraction of sp³-hybridized carbons (Fsp3) is 0. The van der Waals surface area contributed by atoms with Gasteiger partial charge in [0.15, 0.2) is 0 Å². The van der Waals surface area contributed by atoms with Gasteiger partial charge in [-0.15, -0.1) is 50.9 Å². The molecule has 3 nitrogen and oxygen atoms in total. The molecule has 0 amide bonds. The first-order valence-electron chi connectivity index (χ1n) is 2.50. The summed E-state index contributed by atoms with van der Waals surface area (Å²) in [6.07, 6.45) is 0. The van der Waals surface area contributed by atoms with E-state index in [1.807, 2.05) is 0 Å². The van der Waals surface area contributed by atoms with Crippen molar-refractivity contribution in [3.63, 3.8) is 0 Å². The zero-order chi connectivity index (χ0) is 6.69. The molecule has 0 aliphatic carbocycles. The lowest BCUT2D eigenvalue weighted by molar-refractivity contribution is -0.384. The van der Waals surface area contributed by atoms with Gasteiger partial charge in [-0.25, -0.2) is 0 Å². The molecule has 0 atom stereocenters. The van der Waals surface area contributed by atoms with Gasteiger partial charge < -0.3 is 0 Å². The van der Waals surface area contributed by atoms with Crippen molar-refractivity contribution in [2.24, 2.45) is 0 Å². The van der Waals surface area contributed by atoms with Crippen molar-refractivity contribution in [1.29, 1.82) is 0 Å². The summed E-state index contributed by atoms with van der Waals surface area (Å²) >= 11 is 0. The Hall–Kier alpha value is 0.0600. The Kier molecular flexibility index (Phi) is 13.7. The van der Waals surface area contributed by atoms with Gasteiger partial charge in [-0.05, 0) is 0 Å². The minimum absolute atomic E-state index is 0. The molecule has 1 aromatic rings. The Morgan fingerprint density at radius 2 is 1.42 bits per heavy atom. The Bertz CT molecular complexity index is 217. The van der Waals surface area contributed by atoms with Gasteiger partial charge >= 0.3 is 0 Å². The molecular formula is C6H8Br3NO2. The number of para-hydroxylation sites is 1. The van der Waals surface area contributed by atoms with E-state index in [1.54, 1.807) is 18.2 Å². The summed E-state index contributed by atoms with van der Waals surface area (Å²) in [7, 11) is 0. The summed E-state index contributed by atoms with van der Waals surface area (Å²) < 4.78 is 0. The smallest absolute Gasteiger partial charge is 0.258 e. The lowest BCUT2D eigenvalue weighted by Crippen LogP contribution is -1.84. The lowest BCUT2D eigenvalue weighted by atomic mass is 10.3. The minimum atomic E-state index is -0.417. The summed E-state index contributed by atoms with van der Waals surface area (Å²) in [5, 5.41) is 10.0. The van der Waals surface area contributed by atoms with Crippen LogP contribution in [-0.2, 0) is 0 Å².